The molecule has 0 radical (unpaired) electrons. The molecule has 1 unspecified atom stereocenters. The van der Waals surface area contributed by atoms with Gasteiger partial charge in [-0.1, -0.05) is 39.3 Å². The van der Waals surface area contributed by atoms with E-state index < -0.39 is 0 Å². The van der Waals surface area contributed by atoms with Crippen LogP contribution in [0.15, 0.2) is 12.1 Å². The van der Waals surface area contributed by atoms with E-state index in [2.05, 4.69) is 33.0 Å². The molecule has 1 aromatic rings. The van der Waals surface area contributed by atoms with E-state index in [1.165, 1.54) is 6.42 Å². The van der Waals surface area contributed by atoms with Gasteiger partial charge in [0.1, 0.15) is 5.78 Å². The van der Waals surface area contributed by atoms with Crippen LogP contribution < -0.4 is 5.32 Å². The lowest BCUT2D eigenvalue weighted by molar-refractivity contribution is -0.169. The first kappa shape index (κ1) is 26.7. The van der Waals surface area contributed by atoms with Gasteiger partial charge >= 0.3 is 0 Å². The van der Waals surface area contributed by atoms with Crippen molar-refractivity contribution >= 4 is 34.6 Å². The molecule has 1 heterocycles. The number of amides is 1. The molecule has 4 saturated carbocycles. The van der Waals surface area contributed by atoms with Crippen LogP contribution in [0.4, 0.5) is 0 Å². The van der Waals surface area contributed by atoms with Crippen molar-refractivity contribution in [3.63, 3.8) is 0 Å². The summed E-state index contributed by atoms with van der Waals surface area (Å²) in [6.45, 7) is 9.27. The number of aliphatic hydroxyl groups is 1. The van der Waals surface area contributed by atoms with Gasteiger partial charge in [-0.05, 0) is 103 Å². The Morgan fingerprint density at radius 2 is 1.94 bits per heavy atom. The van der Waals surface area contributed by atoms with E-state index in [1.807, 2.05) is 12.1 Å². The van der Waals surface area contributed by atoms with Gasteiger partial charge in [-0.15, -0.1) is 11.3 Å². The van der Waals surface area contributed by atoms with Crippen LogP contribution in [0.25, 0.3) is 0 Å². The zero-order valence-corrected chi connectivity index (χ0v) is 24.0. The zero-order valence-electron chi connectivity index (χ0n) is 22.4. The summed E-state index contributed by atoms with van der Waals surface area (Å²) in [5.41, 5.74) is 0.379. The highest BCUT2D eigenvalue weighted by Gasteiger charge is 2.62. The van der Waals surface area contributed by atoms with Crippen molar-refractivity contribution in [2.75, 3.05) is 0 Å². The van der Waals surface area contributed by atoms with Crippen LogP contribution in [-0.2, 0) is 9.59 Å². The molecule has 0 saturated heterocycles. The molecule has 4 fully saturated rings. The molecule has 5 rings (SSSR count). The van der Waals surface area contributed by atoms with E-state index in [0.717, 1.165) is 54.2 Å². The second-order valence-corrected chi connectivity index (χ2v) is 14.9. The SMILES string of the molecule is CCC(NC(=O)C[C@@H](C)[C@H]1CC[C@H]2[C@@H]3[C@H](O)C[C@@H]4CC(=O)CC[C@]4(C)[C@H]3CC[C@]12C)c1ccc(Cl)s1. The smallest absolute Gasteiger partial charge is 0.220 e. The minimum atomic E-state index is -0.288. The maximum atomic E-state index is 13.1. The van der Waals surface area contributed by atoms with E-state index in [1.54, 1.807) is 11.3 Å². The highest BCUT2D eigenvalue weighted by atomic mass is 35.5. The molecule has 4 aliphatic rings. The van der Waals surface area contributed by atoms with Crippen molar-refractivity contribution in [1.29, 1.82) is 0 Å². The van der Waals surface area contributed by atoms with E-state index in [9.17, 15) is 14.7 Å². The third-order valence-electron chi connectivity index (χ3n) is 11.4. The van der Waals surface area contributed by atoms with E-state index in [-0.39, 0.29) is 28.9 Å². The Labute approximate surface area is 226 Å². The van der Waals surface area contributed by atoms with Crippen molar-refractivity contribution in [2.24, 2.45) is 46.3 Å². The number of thiophene rings is 1. The first-order valence-corrected chi connectivity index (χ1v) is 15.5. The number of Topliss-reactive ketones (excluding diaryl/α,β-unsaturated/α-hetero) is 1. The average Bonchev–Trinajstić information content (AvgIpc) is 3.41. The minimum absolute atomic E-state index is 0.0259. The fourth-order valence-electron chi connectivity index (χ4n) is 9.57. The fraction of sp³-hybridized carbons (Fsp3) is 0.800. The molecule has 0 spiro atoms. The number of carbonyl (C=O) groups excluding carboxylic acids is 2. The lowest BCUT2D eigenvalue weighted by Crippen LogP contribution is -2.58. The lowest BCUT2D eigenvalue weighted by atomic mass is 9.44. The summed E-state index contributed by atoms with van der Waals surface area (Å²) in [5, 5.41) is 14.7. The van der Waals surface area contributed by atoms with Crippen molar-refractivity contribution in [3.05, 3.63) is 21.3 Å². The summed E-state index contributed by atoms with van der Waals surface area (Å²) >= 11 is 7.68. The molecule has 4 aliphatic carbocycles. The Morgan fingerprint density at radius 3 is 2.64 bits per heavy atom. The number of hydrogen-bond donors (Lipinski definition) is 2. The normalized spacial score (nSPS) is 41.7. The standard InChI is InChI=1S/C30H44ClNO3S/c1-5-23(25-8-9-26(31)36-25)32-27(35)14-17(2)20-6-7-21-28-22(11-13-30(20,21)4)29(3)12-10-19(33)15-18(29)16-24(28)34/h8-9,17-18,20-24,28,34H,5-7,10-16H2,1-4H3,(H,32,35)/t17-,18+,20-,21+,22+,23?,24-,28+,29+,30-/m1/s1. The molecule has 200 valence electrons. The topological polar surface area (TPSA) is 66.4 Å². The van der Waals surface area contributed by atoms with Crippen LogP contribution in [0.3, 0.4) is 0 Å². The number of rotatable bonds is 6. The van der Waals surface area contributed by atoms with E-state index >= 15 is 0 Å². The van der Waals surface area contributed by atoms with Crippen molar-refractivity contribution in [2.45, 2.75) is 104 Å². The van der Waals surface area contributed by atoms with Gasteiger partial charge in [-0.25, -0.2) is 0 Å². The third-order valence-corrected chi connectivity index (χ3v) is 12.8. The third kappa shape index (κ3) is 4.49. The summed E-state index contributed by atoms with van der Waals surface area (Å²) in [5.74, 6) is 3.10. The van der Waals surface area contributed by atoms with Gasteiger partial charge in [0, 0.05) is 24.1 Å². The Morgan fingerprint density at radius 1 is 1.19 bits per heavy atom. The van der Waals surface area contributed by atoms with Gasteiger partial charge in [0.2, 0.25) is 5.91 Å². The summed E-state index contributed by atoms with van der Waals surface area (Å²) in [6.07, 6.45) is 8.97. The quantitative estimate of drug-likeness (QED) is 0.406. The molecular formula is C30H44ClNO3S. The van der Waals surface area contributed by atoms with Crippen molar-refractivity contribution < 1.29 is 14.7 Å². The van der Waals surface area contributed by atoms with Gasteiger partial charge in [0.25, 0.3) is 0 Å². The molecule has 10 atom stereocenters. The van der Waals surface area contributed by atoms with Crippen molar-refractivity contribution in [1.82, 2.24) is 5.32 Å². The molecule has 6 heteroatoms. The molecule has 0 aliphatic heterocycles. The van der Waals surface area contributed by atoms with Crippen LogP contribution in [0.2, 0.25) is 4.34 Å². The molecule has 0 aromatic carbocycles. The predicted octanol–water partition coefficient (Wildman–Crippen LogP) is 7.19. The predicted molar refractivity (Wildman–Crippen MR) is 146 cm³/mol. The Bertz CT molecular complexity index is 995. The number of halogens is 1. The number of ketones is 1. The van der Waals surface area contributed by atoms with Crippen LogP contribution in [0.5, 0.6) is 0 Å². The first-order valence-electron chi connectivity index (χ1n) is 14.3. The van der Waals surface area contributed by atoms with E-state index in [0.29, 0.717) is 54.1 Å². The van der Waals surface area contributed by atoms with Gasteiger partial charge in [0.15, 0.2) is 0 Å². The minimum Gasteiger partial charge on any atom is -0.393 e. The second kappa shape index (κ2) is 10.0. The number of aliphatic hydroxyl groups excluding tert-OH is 1. The van der Waals surface area contributed by atoms with Gasteiger partial charge < -0.3 is 10.4 Å². The molecule has 2 N–H and O–H groups in total. The summed E-state index contributed by atoms with van der Waals surface area (Å²) in [4.78, 5) is 26.5. The highest BCUT2D eigenvalue weighted by Crippen LogP contribution is 2.68. The largest absolute Gasteiger partial charge is 0.393 e. The maximum Gasteiger partial charge on any atom is 0.220 e. The number of nitrogens with one attached hydrogen (secondary N) is 1. The average molecular weight is 534 g/mol. The Balaban J connectivity index is 1.27. The van der Waals surface area contributed by atoms with Crippen LogP contribution >= 0.6 is 22.9 Å². The lowest BCUT2D eigenvalue weighted by Gasteiger charge is -2.61. The fourth-order valence-corrected chi connectivity index (χ4v) is 10.8. The highest BCUT2D eigenvalue weighted by molar-refractivity contribution is 7.16. The van der Waals surface area contributed by atoms with Crippen molar-refractivity contribution in [3.8, 4) is 0 Å². The molecule has 4 nitrogen and oxygen atoms in total. The van der Waals surface area contributed by atoms with E-state index in [4.69, 9.17) is 11.6 Å². The number of fused-ring (bicyclic) bond motifs is 5. The maximum absolute atomic E-state index is 13.1. The van der Waals surface area contributed by atoms with Crippen LogP contribution in [0, 0.1) is 46.3 Å². The Hall–Kier alpha value is -0.910. The molecule has 1 aromatic heterocycles. The van der Waals surface area contributed by atoms with Gasteiger partial charge in [-0.3, -0.25) is 9.59 Å². The zero-order chi connectivity index (χ0) is 25.8. The molecule has 0 bridgehead atoms. The first-order chi connectivity index (χ1) is 17.1. The molecule has 1 amide bonds. The summed E-state index contributed by atoms with van der Waals surface area (Å²) < 4.78 is 0.761. The number of carbonyl (C=O) groups is 2. The van der Waals surface area contributed by atoms with Gasteiger partial charge in [-0.2, -0.15) is 0 Å². The second-order valence-electron chi connectivity index (χ2n) is 13.1. The summed E-state index contributed by atoms with van der Waals surface area (Å²) in [6, 6.07) is 3.95. The molecular weight excluding hydrogens is 490 g/mol. The van der Waals surface area contributed by atoms with Crippen LogP contribution in [-0.4, -0.2) is 22.9 Å². The Kier molecular flexibility index (Phi) is 7.41. The van der Waals surface area contributed by atoms with Gasteiger partial charge in [0.05, 0.1) is 16.5 Å². The monoisotopic (exact) mass is 533 g/mol. The summed E-state index contributed by atoms with van der Waals surface area (Å²) in [7, 11) is 0. The number of hydrogen-bond acceptors (Lipinski definition) is 4. The molecule has 36 heavy (non-hydrogen) atoms. The van der Waals surface area contributed by atoms with Crippen LogP contribution in [0.1, 0.15) is 103 Å².